The summed E-state index contributed by atoms with van der Waals surface area (Å²) in [4.78, 5) is 15.9. The molecule has 0 atom stereocenters. The van der Waals surface area contributed by atoms with E-state index in [9.17, 15) is 4.79 Å². The minimum absolute atomic E-state index is 0.424. The molecule has 0 aliphatic heterocycles. The second-order valence-corrected chi connectivity index (χ2v) is 4.99. The van der Waals surface area contributed by atoms with Crippen molar-refractivity contribution in [1.82, 2.24) is 4.98 Å². The van der Waals surface area contributed by atoms with Crippen LogP contribution < -0.4 is 5.73 Å². The average Bonchev–Trinajstić information content (AvgIpc) is 2.38. The molecule has 0 radical (unpaired) electrons. The van der Waals surface area contributed by atoms with Crippen LogP contribution in [0.3, 0.4) is 0 Å². The van der Waals surface area contributed by atoms with Crippen LogP contribution in [0.25, 0.3) is 17.0 Å². The molecule has 0 aliphatic carbocycles. The third-order valence-corrected chi connectivity index (χ3v) is 3.30. The van der Waals surface area contributed by atoms with Crippen LogP contribution in [0.5, 0.6) is 0 Å². The van der Waals surface area contributed by atoms with E-state index >= 15 is 0 Å². The number of hydrogen-bond donors (Lipinski definition) is 1. The first-order chi connectivity index (χ1) is 8.70. The molecular weight excluding hydrogens is 264 g/mol. The molecule has 5 heteroatoms. The molecule has 3 nitrogen and oxygen atoms in total. The van der Waals surface area contributed by atoms with Crippen LogP contribution in [0.2, 0.25) is 0 Å². The standard InChI is InChI=1S/C13H10N2OS2/c14-13(16)12(18-8-17)7-9-3-4-11-10(6-9)2-1-5-15-11/h1-8H,(H2,14,16)/b12-7-. The first-order valence-electron chi connectivity index (χ1n) is 5.17. The molecule has 2 N–H and O–H groups in total. The second-order valence-electron chi connectivity index (χ2n) is 3.54. The highest BCUT2D eigenvalue weighted by Crippen LogP contribution is 2.20. The van der Waals surface area contributed by atoms with Gasteiger partial charge in [0.15, 0.2) is 0 Å². The Morgan fingerprint density at radius 1 is 1.39 bits per heavy atom. The number of rotatable bonds is 4. The molecule has 0 unspecified atom stereocenters. The van der Waals surface area contributed by atoms with Gasteiger partial charge < -0.3 is 5.73 Å². The molecule has 1 aromatic heterocycles. The predicted octanol–water partition coefficient (Wildman–Crippen LogP) is 2.75. The minimum atomic E-state index is -0.479. The van der Waals surface area contributed by atoms with E-state index in [1.165, 1.54) is 4.70 Å². The largest absolute Gasteiger partial charge is 0.365 e. The number of aromatic nitrogens is 1. The van der Waals surface area contributed by atoms with Crippen LogP contribution in [-0.2, 0) is 4.79 Å². The van der Waals surface area contributed by atoms with E-state index in [1.54, 1.807) is 12.3 Å². The van der Waals surface area contributed by atoms with E-state index < -0.39 is 5.91 Å². The van der Waals surface area contributed by atoms with Crippen molar-refractivity contribution in [3.05, 3.63) is 47.0 Å². The summed E-state index contributed by atoms with van der Waals surface area (Å²) in [5, 5.41) is 1.02. The molecule has 0 saturated carbocycles. The van der Waals surface area contributed by atoms with E-state index in [1.807, 2.05) is 30.3 Å². The van der Waals surface area contributed by atoms with E-state index in [0.717, 1.165) is 28.2 Å². The summed E-state index contributed by atoms with van der Waals surface area (Å²) < 4.78 is 1.42. The van der Waals surface area contributed by atoms with Gasteiger partial charge in [-0.2, -0.15) is 0 Å². The molecule has 0 saturated heterocycles. The molecule has 0 aliphatic rings. The molecule has 1 aromatic carbocycles. The van der Waals surface area contributed by atoms with Gasteiger partial charge in [-0.15, -0.1) is 0 Å². The van der Waals surface area contributed by atoms with Crippen molar-refractivity contribution in [3.8, 4) is 0 Å². The van der Waals surface area contributed by atoms with Crippen molar-refractivity contribution in [1.29, 1.82) is 0 Å². The zero-order chi connectivity index (χ0) is 13.0. The summed E-state index contributed by atoms with van der Waals surface area (Å²) in [5.74, 6) is -0.479. The summed E-state index contributed by atoms with van der Waals surface area (Å²) in [6.07, 6.45) is 3.47. The Hall–Kier alpha value is -1.72. The Kier molecular flexibility index (Phi) is 4.07. The number of nitrogens with two attached hydrogens (primary N) is 1. The lowest BCUT2D eigenvalue weighted by Gasteiger charge is -2.01. The van der Waals surface area contributed by atoms with Crippen molar-refractivity contribution in [2.45, 2.75) is 0 Å². The fourth-order valence-corrected chi connectivity index (χ4v) is 2.29. The maximum Gasteiger partial charge on any atom is 0.255 e. The van der Waals surface area contributed by atoms with Crippen molar-refractivity contribution in [3.63, 3.8) is 0 Å². The van der Waals surface area contributed by atoms with Crippen LogP contribution in [0.1, 0.15) is 5.56 Å². The second kappa shape index (κ2) is 5.75. The van der Waals surface area contributed by atoms with Gasteiger partial charge in [-0.25, -0.2) is 0 Å². The molecule has 0 fully saturated rings. The number of carbonyl (C=O) groups excluding carboxylic acids is 1. The Labute approximate surface area is 114 Å². The van der Waals surface area contributed by atoms with Gasteiger partial charge in [0.05, 0.1) is 10.4 Å². The first kappa shape index (κ1) is 12.7. The highest BCUT2D eigenvalue weighted by atomic mass is 32.2. The van der Waals surface area contributed by atoms with Crippen molar-refractivity contribution >= 4 is 51.6 Å². The van der Waals surface area contributed by atoms with Crippen LogP contribution in [0, 0.1) is 0 Å². The van der Waals surface area contributed by atoms with Gasteiger partial charge in [-0.3, -0.25) is 9.78 Å². The van der Waals surface area contributed by atoms with Crippen molar-refractivity contribution < 1.29 is 4.79 Å². The molecule has 1 heterocycles. The van der Waals surface area contributed by atoms with Gasteiger partial charge in [-0.05, 0) is 29.8 Å². The molecule has 2 aromatic rings. The van der Waals surface area contributed by atoms with Crippen LogP contribution in [-0.4, -0.2) is 15.6 Å². The number of nitrogens with zero attached hydrogens (tertiary/aromatic N) is 1. The number of benzene rings is 1. The number of amides is 1. The Morgan fingerprint density at radius 3 is 2.94 bits per heavy atom. The molecule has 0 spiro atoms. The van der Waals surface area contributed by atoms with Gasteiger partial charge in [0, 0.05) is 16.3 Å². The lowest BCUT2D eigenvalue weighted by molar-refractivity contribution is -0.113. The topological polar surface area (TPSA) is 56.0 Å². The van der Waals surface area contributed by atoms with Gasteiger partial charge in [0.1, 0.15) is 0 Å². The van der Waals surface area contributed by atoms with Crippen molar-refractivity contribution in [2.24, 2.45) is 5.73 Å². The molecular formula is C13H10N2OS2. The molecule has 1 amide bonds. The van der Waals surface area contributed by atoms with Gasteiger partial charge in [0.2, 0.25) is 0 Å². The van der Waals surface area contributed by atoms with Gasteiger partial charge in [0.25, 0.3) is 5.91 Å². The first-order valence-corrected chi connectivity index (χ1v) is 6.52. The normalized spacial score (nSPS) is 11.4. The number of primary amides is 1. The summed E-state index contributed by atoms with van der Waals surface area (Å²) in [7, 11) is 0. The molecule has 18 heavy (non-hydrogen) atoms. The SMILES string of the molecule is NC(=O)/C(=C/c1ccc2ncccc2c1)SC=S. The quantitative estimate of drug-likeness (QED) is 0.688. The number of hydrogen-bond acceptors (Lipinski definition) is 4. The molecule has 2 rings (SSSR count). The fourth-order valence-electron chi connectivity index (χ4n) is 1.55. The monoisotopic (exact) mass is 274 g/mol. The van der Waals surface area contributed by atoms with Gasteiger partial charge in [-0.1, -0.05) is 36.1 Å². The molecule has 0 bridgehead atoms. The highest BCUT2D eigenvalue weighted by Gasteiger charge is 2.04. The van der Waals surface area contributed by atoms with Crippen LogP contribution in [0.4, 0.5) is 0 Å². The zero-order valence-corrected chi connectivity index (χ0v) is 11.0. The summed E-state index contributed by atoms with van der Waals surface area (Å²) in [6.45, 7) is 0. The van der Waals surface area contributed by atoms with E-state index in [2.05, 4.69) is 4.98 Å². The number of pyridine rings is 1. The third kappa shape index (κ3) is 2.94. The Morgan fingerprint density at radius 2 is 2.22 bits per heavy atom. The average molecular weight is 274 g/mol. The highest BCUT2D eigenvalue weighted by molar-refractivity contribution is 8.24. The summed E-state index contributed by atoms with van der Waals surface area (Å²) in [6, 6.07) is 9.59. The Balaban J connectivity index is 2.44. The lowest BCUT2D eigenvalue weighted by atomic mass is 10.1. The predicted molar refractivity (Wildman–Crippen MR) is 80.2 cm³/mol. The number of thiocarbonyl (C=S) groups is 1. The van der Waals surface area contributed by atoms with E-state index in [0.29, 0.717) is 4.91 Å². The fraction of sp³-hybridized carbons (Fsp3) is 0. The number of fused-ring (bicyclic) bond motifs is 1. The maximum absolute atomic E-state index is 11.2. The maximum atomic E-state index is 11.2. The zero-order valence-electron chi connectivity index (χ0n) is 9.37. The van der Waals surface area contributed by atoms with Crippen LogP contribution >= 0.6 is 24.0 Å². The Bertz CT molecular complexity index is 638. The summed E-state index contributed by atoms with van der Waals surface area (Å²) >= 11 is 5.87. The number of carbonyl (C=O) groups is 1. The van der Waals surface area contributed by atoms with Crippen molar-refractivity contribution in [2.75, 3.05) is 0 Å². The summed E-state index contributed by atoms with van der Waals surface area (Å²) in [5.41, 5.74) is 7.09. The van der Waals surface area contributed by atoms with E-state index in [-0.39, 0.29) is 0 Å². The third-order valence-electron chi connectivity index (χ3n) is 2.34. The van der Waals surface area contributed by atoms with Gasteiger partial charge >= 0.3 is 0 Å². The minimum Gasteiger partial charge on any atom is -0.365 e. The van der Waals surface area contributed by atoms with E-state index in [4.69, 9.17) is 18.0 Å². The smallest absolute Gasteiger partial charge is 0.255 e. The number of thioether (sulfide) groups is 1. The molecule has 90 valence electrons. The lowest BCUT2D eigenvalue weighted by Crippen LogP contribution is -2.11. The van der Waals surface area contributed by atoms with Crippen LogP contribution in [0.15, 0.2) is 41.4 Å².